The van der Waals surface area contributed by atoms with Crippen LogP contribution in [0.2, 0.25) is 0 Å². The quantitative estimate of drug-likeness (QED) is 0.658. The van der Waals surface area contributed by atoms with E-state index >= 15 is 0 Å². The van der Waals surface area contributed by atoms with Crippen molar-refractivity contribution in [1.29, 1.82) is 0 Å². The summed E-state index contributed by atoms with van der Waals surface area (Å²) in [6.07, 6.45) is 0.790. The Kier molecular flexibility index (Phi) is 2.14. The summed E-state index contributed by atoms with van der Waals surface area (Å²) in [6.45, 7) is 0.449. The molecule has 0 aromatic rings. The van der Waals surface area contributed by atoms with Gasteiger partial charge in [-0.05, 0) is 24.8 Å². The second-order valence-corrected chi connectivity index (χ2v) is 3.39. The van der Waals surface area contributed by atoms with Crippen LogP contribution in [-0.2, 0) is 0 Å². The molecule has 3 atom stereocenters. The van der Waals surface area contributed by atoms with Gasteiger partial charge in [0.2, 0.25) is 0 Å². The summed E-state index contributed by atoms with van der Waals surface area (Å²) < 4.78 is 25.5. The highest BCUT2D eigenvalue weighted by Gasteiger charge is 2.66. The van der Waals surface area contributed by atoms with Gasteiger partial charge in [0, 0.05) is 12.3 Å². The molecule has 0 amide bonds. The molecule has 0 bridgehead atoms. The number of hydrogen-bond acceptors (Lipinski definition) is 1. The Bertz CT molecular complexity index is 159. The van der Waals surface area contributed by atoms with Crippen molar-refractivity contribution in [2.24, 2.45) is 23.5 Å². The second kappa shape index (κ2) is 2.56. The first-order valence-corrected chi connectivity index (χ1v) is 3.74. The van der Waals surface area contributed by atoms with Crippen LogP contribution in [0.15, 0.2) is 0 Å². The number of alkyl halides is 2. The van der Waals surface area contributed by atoms with Gasteiger partial charge in [-0.15, -0.1) is 12.4 Å². The van der Waals surface area contributed by atoms with Gasteiger partial charge in [-0.25, -0.2) is 8.78 Å². The van der Waals surface area contributed by atoms with Crippen molar-refractivity contribution in [1.82, 2.24) is 0 Å². The Balaban J connectivity index is 0.000000605. The maximum Gasteiger partial charge on any atom is 0.251 e. The lowest BCUT2D eigenvalue weighted by molar-refractivity contribution is -0.0206. The van der Waals surface area contributed by atoms with E-state index < -0.39 is 5.92 Å². The number of nitrogens with two attached hydrogens (primary N) is 1. The van der Waals surface area contributed by atoms with E-state index in [1.165, 1.54) is 0 Å². The van der Waals surface area contributed by atoms with Crippen LogP contribution >= 0.6 is 12.4 Å². The summed E-state index contributed by atoms with van der Waals surface area (Å²) in [7, 11) is 0. The summed E-state index contributed by atoms with van der Waals surface area (Å²) in [5, 5.41) is 0. The molecule has 11 heavy (non-hydrogen) atoms. The normalized spacial score (nSPS) is 44.5. The Labute approximate surface area is 70.7 Å². The summed E-state index contributed by atoms with van der Waals surface area (Å²) in [4.78, 5) is 0. The van der Waals surface area contributed by atoms with E-state index in [0.717, 1.165) is 0 Å². The molecule has 0 aromatic heterocycles. The zero-order valence-electron chi connectivity index (χ0n) is 6.09. The molecule has 2 aliphatic rings. The number of fused-ring (bicyclic) bond motifs is 1. The Morgan fingerprint density at radius 3 is 2.36 bits per heavy atom. The standard InChI is InChI=1S/C7H11F2N.ClH/c8-7(9)2-1-4-5(3-10)6(4)7;/h4-6H,1-3,10H2;1H. The molecule has 2 fully saturated rings. The van der Waals surface area contributed by atoms with Gasteiger partial charge < -0.3 is 5.73 Å². The van der Waals surface area contributed by atoms with E-state index in [0.29, 0.717) is 13.0 Å². The van der Waals surface area contributed by atoms with Crippen LogP contribution in [0.5, 0.6) is 0 Å². The summed E-state index contributed by atoms with van der Waals surface area (Å²) in [5.74, 6) is -2.32. The van der Waals surface area contributed by atoms with Gasteiger partial charge in [0.05, 0.1) is 0 Å². The molecule has 1 nitrogen and oxygen atoms in total. The van der Waals surface area contributed by atoms with Gasteiger partial charge in [-0.2, -0.15) is 0 Å². The molecule has 0 radical (unpaired) electrons. The number of rotatable bonds is 1. The fourth-order valence-electron chi connectivity index (χ4n) is 2.31. The predicted octanol–water partition coefficient (Wildman–Crippen LogP) is 1.66. The van der Waals surface area contributed by atoms with Crippen molar-refractivity contribution in [3.63, 3.8) is 0 Å². The van der Waals surface area contributed by atoms with Gasteiger partial charge in [-0.3, -0.25) is 0 Å². The molecule has 0 aliphatic heterocycles. The molecular formula is C7H12ClF2N. The number of halogens is 3. The molecule has 0 saturated heterocycles. The minimum absolute atomic E-state index is 0. The first-order chi connectivity index (χ1) is 4.67. The molecule has 2 saturated carbocycles. The molecule has 2 N–H and O–H groups in total. The Hall–Kier alpha value is 0.110. The average molecular weight is 184 g/mol. The lowest BCUT2D eigenvalue weighted by atomic mass is 10.1. The maximum absolute atomic E-state index is 12.8. The highest BCUT2D eigenvalue weighted by molar-refractivity contribution is 5.85. The molecule has 0 spiro atoms. The van der Waals surface area contributed by atoms with E-state index in [4.69, 9.17) is 5.73 Å². The van der Waals surface area contributed by atoms with Crippen LogP contribution in [-0.4, -0.2) is 12.5 Å². The molecule has 0 aromatic carbocycles. The van der Waals surface area contributed by atoms with Crippen LogP contribution in [0.4, 0.5) is 8.78 Å². The largest absolute Gasteiger partial charge is 0.330 e. The van der Waals surface area contributed by atoms with Gasteiger partial charge >= 0.3 is 0 Å². The van der Waals surface area contributed by atoms with Crippen molar-refractivity contribution in [2.45, 2.75) is 18.8 Å². The zero-order valence-corrected chi connectivity index (χ0v) is 6.91. The van der Waals surface area contributed by atoms with Crippen LogP contribution in [0.25, 0.3) is 0 Å². The van der Waals surface area contributed by atoms with Crippen molar-refractivity contribution in [2.75, 3.05) is 6.54 Å². The average Bonchev–Trinajstić information content (AvgIpc) is 2.50. The predicted molar refractivity (Wildman–Crippen MR) is 41.0 cm³/mol. The minimum atomic E-state index is -2.38. The lowest BCUT2D eigenvalue weighted by Gasteiger charge is -2.11. The van der Waals surface area contributed by atoms with E-state index in [9.17, 15) is 8.78 Å². The van der Waals surface area contributed by atoms with E-state index in [1.807, 2.05) is 0 Å². The van der Waals surface area contributed by atoms with Crippen molar-refractivity contribution >= 4 is 12.4 Å². The summed E-state index contributed by atoms with van der Waals surface area (Å²) in [5.41, 5.74) is 5.31. The fraction of sp³-hybridized carbons (Fsp3) is 1.00. The molecule has 4 heteroatoms. The van der Waals surface area contributed by atoms with Crippen molar-refractivity contribution in [3.8, 4) is 0 Å². The fourth-order valence-corrected chi connectivity index (χ4v) is 2.31. The first kappa shape index (κ1) is 9.20. The van der Waals surface area contributed by atoms with Crippen LogP contribution in [0.1, 0.15) is 12.8 Å². The molecule has 3 unspecified atom stereocenters. The van der Waals surface area contributed by atoms with Crippen LogP contribution in [0, 0.1) is 17.8 Å². The second-order valence-electron chi connectivity index (χ2n) is 3.39. The van der Waals surface area contributed by atoms with E-state index in [-0.39, 0.29) is 36.6 Å². The summed E-state index contributed by atoms with van der Waals surface area (Å²) in [6, 6.07) is 0. The third-order valence-corrected chi connectivity index (χ3v) is 2.90. The first-order valence-electron chi connectivity index (χ1n) is 3.74. The van der Waals surface area contributed by atoms with Gasteiger partial charge in [0.1, 0.15) is 0 Å². The molecule has 2 aliphatic carbocycles. The van der Waals surface area contributed by atoms with Crippen molar-refractivity contribution in [3.05, 3.63) is 0 Å². The highest BCUT2D eigenvalue weighted by atomic mass is 35.5. The smallest absolute Gasteiger partial charge is 0.251 e. The minimum Gasteiger partial charge on any atom is -0.330 e. The third-order valence-electron chi connectivity index (χ3n) is 2.90. The van der Waals surface area contributed by atoms with E-state index in [1.54, 1.807) is 0 Å². The summed E-state index contributed by atoms with van der Waals surface area (Å²) >= 11 is 0. The topological polar surface area (TPSA) is 26.0 Å². The molecule has 0 heterocycles. The zero-order chi connectivity index (χ0) is 7.35. The third kappa shape index (κ3) is 1.14. The van der Waals surface area contributed by atoms with Gasteiger partial charge in [-0.1, -0.05) is 0 Å². The maximum atomic E-state index is 12.8. The van der Waals surface area contributed by atoms with Gasteiger partial charge in [0.25, 0.3) is 5.92 Å². The molecule has 66 valence electrons. The Morgan fingerprint density at radius 2 is 2.09 bits per heavy atom. The SMILES string of the molecule is Cl.NCC1C2CCC(F)(F)C12. The molecule has 2 rings (SSSR count). The van der Waals surface area contributed by atoms with Crippen LogP contribution in [0.3, 0.4) is 0 Å². The van der Waals surface area contributed by atoms with E-state index in [2.05, 4.69) is 0 Å². The van der Waals surface area contributed by atoms with Crippen molar-refractivity contribution < 1.29 is 8.78 Å². The highest BCUT2D eigenvalue weighted by Crippen LogP contribution is 2.63. The molecular weight excluding hydrogens is 172 g/mol. The Morgan fingerprint density at radius 1 is 1.45 bits per heavy atom. The lowest BCUT2D eigenvalue weighted by Crippen LogP contribution is -2.19. The van der Waals surface area contributed by atoms with Crippen LogP contribution < -0.4 is 5.73 Å². The van der Waals surface area contributed by atoms with Gasteiger partial charge in [0.15, 0.2) is 0 Å². The monoisotopic (exact) mass is 183 g/mol. The number of hydrogen-bond donors (Lipinski definition) is 1.